The highest BCUT2D eigenvalue weighted by Crippen LogP contribution is 2.35. The van der Waals surface area contributed by atoms with Gasteiger partial charge in [-0.2, -0.15) is 0 Å². The summed E-state index contributed by atoms with van der Waals surface area (Å²) < 4.78 is 0. The number of anilines is 1. The first-order valence-corrected chi connectivity index (χ1v) is 6.13. The second kappa shape index (κ2) is 5.21. The van der Waals surface area contributed by atoms with Gasteiger partial charge in [-0.05, 0) is 12.8 Å². The second-order valence-electron chi connectivity index (χ2n) is 4.80. The number of nitrogens with one attached hydrogen (secondary N) is 1. The molecule has 1 aromatic heterocycles. The Hall–Kier alpha value is -2.18. The van der Waals surface area contributed by atoms with Gasteiger partial charge in [0.25, 0.3) is 5.91 Å². The van der Waals surface area contributed by atoms with Crippen LogP contribution >= 0.6 is 0 Å². The Morgan fingerprint density at radius 1 is 1.32 bits per heavy atom. The van der Waals surface area contributed by atoms with Gasteiger partial charge in [0.2, 0.25) is 0 Å². The van der Waals surface area contributed by atoms with Gasteiger partial charge in [0.1, 0.15) is 0 Å². The van der Waals surface area contributed by atoms with Crippen LogP contribution in [0, 0.1) is 0 Å². The number of nitrogens with two attached hydrogens (primary N) is 1. The van der Waals surface area contributed by atoms with E-state index in [-0.39, 0.29) is 17.9 Å². The zero-order chi connectivity index (χ0) is 13.9. The summed E-state index contributed by atoms with van der Waals surface area (Å²) in [5, 5.41) is 12.1. The van der Waals surface area contributed by atoms with Gasteiger partial charge >= 0.3 is 5.97 Å². The molecule has 7 nitrogen and oxygen atoms in total. The Kier molecular flexibility index (Phi) is 3.64. The van der Waals surface area contributed by atoms with Crippen LogP contribution in [0.5, 0.6) is 0 Å². The van der Waals surface area contributed by atoms with Crippen molar-refractivity contribution in [1.82, 2.24) is 9.97 Å². The molecule has 0 aliphatic heterocycles. The highest BCUT2D eigenvalue weighted by Gasteiger charge is 2.37. The number of aromatic nitrogens is 2. The first-order chi connectivity index (χ1) is 9.02. The molecule has 19 heavy (non-hydrogen) atoms. The fraction of sp³-hybridized carbons (Fsp3) is 0.500. The van der Waals surface area contributed by atoms with E-state index >= 15 is 0 Å². The van der Waals surface area contributed by atoms with E-state index in [1.807, 2.05) is 0 Å². The van der Waals surface area contributed by atoms with Gasteiger partial charge in [0.15, 0.2) is 11.5 Å². The molecule has 1 amide bonds. The van der Waals surface area contributed by atoms with E-state index in [0.717, 1.165) is 25.7 Å². The number of hydrogen-bond acceptors (Lipinski definition) is 5. The highest BCUT2D eigenvalue weighted by atomic mass is 16.4. The van der Waals surface area contributed by atoms with E-state index in [0.29, 0.717) is 0 Å². The van der Waals surface area contributed by atoms with Gasteiger partial charge in [-0.1, -0.05) is 12.8 Å². The zero-order valence-electron chi connectivity index (χ0n) is 10.4. The van der Waals surface area contributed by atoms with Gasteiger partial charge in [-0.3, -0.25) is 9.59 Å². The van der Waals surface area contributed by atoms with Gasteiger partial charge in [0, 0.05) is 17.9 Å². The number of rotatable bonds is 5. The fourth-order valence-corrected chi connectivity index (χ4v) is 2.55. The second-order valence-corrected chi connectivity index (χ2v) is 4.80. The third-order valence-electron chi connectivity index (χ3n) is 3.37. The summed E-state index contributed by atoms with van der Waals surface area (Å²) in [6.45, 7) is 0. The van der Waals surface area contributed by atoms with E-state index in [1.165, 1.54) is 12.4 Å². The number of carboxylic acid groups (broad SMARTS) is 1. The van der Waals surface area contributed by atoms with Crippen LogP contribution in [0.1, 0.15) is 42.6 Å². The van der Waals surface area contributed by atoms with Crippen molar-refractivity contribution in [3.63, 3.8) is 0 Å². The van der Waals surface area contributed by atoms with Crippen molar-refractivity contribution >= 4 is 17.7 Å². The molecule has 0 saturated heterocycles. The Bertz CT molecular complexity index is 498. The maximum Gasteiger partial charge on any atom is 0.305 e. The molecule has 1 saturated carbocycles. The minimum Gasteiger partial charge on any atom is -0.481 e. The standard InChI is InChI=1S/C12H16N4O3/c13-10(19)9-11(15-6-5-14-9)16-12(7-8(17)18)3-1-2-4-12/h5-6H,1-4,7H2,(H2,13,19)(H,15,16)(H,17,18). The van der Waals surface area contributed by atoms with Crippen molar-refractivity contribution in [2.75, 3.05) is 5.32 Å². The summed E-state index contributed by atoms with van der Waals surface area (Å²) in [4.78, 5) is 30.2. The Labute approximate surface area is 110 Å². The van der Waals surface area contributed by atoms with Crippen molar-refractivity contribution < 1.29 is 14.7 Å². The van der Waals surface area contributed by atoms with Crippen LogP contribution in [0.3, 0.4) is 0 Å². The molecule has 1 aliphatic carbocycles. The van der Waals surface area contributed by atoms with Crippen LogP contribution in [0.15, 0.2) is 12.4 Å². The van der Waals surface area contributed by atoms with Crippen LogP contribution in [-0.2, 0) is 4.79 Å². The topological polar surface area (TPSA) is 118 Å². The van der Waals surface area contributed by atoms with E-state index in [4.69, 9.17) is 10.8 Å². The molecule has 1 aromatic rings. The number of aliphatic carboxylic acids is 1. The number of primary amides is 1. The fourth-order valence-electron chi connectivity index (χ4n) is 2.55. The summed E-state index contributed by atoms with van der Waals surface area (Å²) in [6.07, 6.45) is 6.17. The zero-order valence-corrected chi connectivity index (χ0v) is 10.4. The monoisotopic (exact) mass is 264 g/mol. The SMILES string of the molecule is NC(=O)c1nccnc1NC1(CC(=O)O)CCCC1. The largest absolute Gasteiger partial charge is 0.481 e. The summed E-state index contributed by atoms with van der Waals surface area (Å²) in [6, 6.07) is 0. The van der Waals surface area contributed by atoms with Gasteiger partial charge in [0.05, 0.1) is 6.42 Å². The first-order valence-electron chi connectivity index (χ1n) is 6.13. The van der Waals surface area contributed by atoms with Crippen LogP contribution in [0.25, 0.3) is 0 Å². The molecule has 0 bridgehead atoms. The average Bonchev–Trinajstić information content (AvgIpc) is 2.76. The van der Waals surface area contributed by atoms with Gasteiger partial charge in [-0.25, -0.2) is 9.97 Å². The van der Waals surface area contributed by atoms with Crippen LogP contribution < -0.4 is 11.1 Å². The van der Waals surface area contributed by atoms with E-state index in [2.05, 4.69) is 15.3 Å². The Balaban J connectivity index is 2.27. The molecule has 102 valence electrons. The lowest BCUT2D eigenvalue weighted by Crippen LogP contribution is -2.38. The number of nitrogens with zero attached hydrogens (tertiary/aromatic N) is 2. The Morgan fingerprint density at radius 3 is 2.53 bits per heavy atom. The number of carbonyl (C=O) groups excluding carboxylic acids is 1. The molecule has 1 aliphatic rings. The third-order valence-corrected chi connectivity index (χ3v) is 3.37. The normalized spacial score (nSPS) is 17.1. The van der Waals surface area contributed by atoms with Crippen LogP contribution in [0.4, 0.5) is 5.82 Å². The predicted molar refractivity (Wildman–Crippen MR) is 67.6 cm³/mol. The number of carbonyl (C=O) groups is 2. The predicted octanol–water partition coefficient (Wildman–Crippen LogP) is 0.775. The minimum atomic E-state index is -0.876. The highest BCUT2D eigenvalue weighted by molar-refractivity contribution is 5.95. The molecule has 4 N–H and O–H groups in total. The molecule has 1 heterocycles. The molecular weight excluding hydrogens is 248 g/mol. The lowest BCUT2D eigenvalue weighted by molar-refractivity contribution is -0.138. The molecule has 0 radical (unpaired) electrons. The summed E-state index contributed by atoms with van der Waals surface area (Å²) in [5.74, 6) is -1.30. The molecule has 7 heteroatoms. The maximum absolute atomic E-state index is 11.3. The van der Waals surface area contributed by atoms with Crippen molar-refractivity contribution in [3.05, 3.63) is 18.1 Å². The molecule has 0 aromatic carbocycles. The maximum atomic E-state index is 11.3. The van der Waals surface area contributed by atoms with Crippen molar-refractivity contribution in [2.45, 2.75) is 37.6 Å². The Morgan fingerprint density at radius 2 is 1.95 bits per heavy atom. The summed E-state index contributed by atoms with van der Waals surface area (Å²) in [5.41, 5.74) is 4.71. The average molecular weight is 264 g/mol. The lowest BCUT2D eigenvalue weighted by atomic mass is 9.93. The van der Waals surface area contributed by atoms with Crippen LogP contribution in [0.2, 0.25) is 0 Å². The van der Waals surface area contributed by atoms with E-state index in [9.17, 15) is 9.59 Å². The van der Waals surface area contributed by atoms with Gasteiger partial charge < -0.3 is 16.2 Å². The lowest BCUT2D eigenvalue weighted by Gasteiger charge is -2.29. The van der Waals surface area contributed by atoms with Gasteiger partial charge in [-0.15, -0.1) is 0 Å². The van der Waals surface area contributed by atoms with Crippen molar-refractivity contribution in [1.29, 1.82) is 0 Å². The first kappa shape index (κ1) is 13.3. The molecule has 1 fully saturated rings. The number of amides is 1. The molecule has 2 rings (SSSR count). The molecule has 0 atom stereocenters. The van der Waals surface area contributed by atoms with Crippen molar-refractivity contribution in [3.8, 4) is 0 Å². The van der Waals surface area contributed by atoms with Crippen LogP contribution in [-0.4, -0.2) is 32.5 Å². The number of hydrogen-bond donors (Lipinski definition) is 3. The van der Waals surface area contributed by atoms with E-state index in [1.54, 1.807) is 0 Å². The summed E-state index contributed by atoms with van der Waals surface area (Å²) in [7, 11) is 0. The minimum absolute atomic E-state index is 0.0121. The third kappa shape index (κ3) is 2.98. The summed E-state index contributed by atoms with van der Waals surface area (Å²) >= 11 is 0. The quantitative estimate of drug-likeness (QED) is 0.723. The molecular formula is C12H16N4O3. The van der Waals surface area contributed by atoms with Crippen molar-refractivity contribution in [2.24, 2.45) is 5.73 Å². The van der Waals surface area contributed by atoms with E-state index < -0.39 is 17.4 Å². The molecule has 0 spiro atoms. The number of carboxylic acids is 1. The molecule has 0 unspecified atom stereocenters. The smallest absolute Gasteiger partial charge is 0.305 e.